The molecule has 2 heterocycles. The first kappa shape index (κ1) is 9.66. The van der Waals surface area contributed by atoms with E-state index in [1.807, 2.05) is 6.20 Å². The van der Waals surface area contributed by atoms with Crippen molar-refractivity contribution in [2.24, 2.45) is 0 Å². The van der Waals surface area contributed by atoms with E-state index in [9.17, 15) is 0 Å². The minimum atomic E-state index is 0.545. The molecule has 2 nitrogen and oxygen atoms in total. The van der Waals surface area contributed by atoms with Gasteiger partial charge in [0, 0.05) is 6.20 Å². The first-order valence-electron chi connectivity index (χ1n) is 5.40. The van der Waals surface area contributed by atoms with Crippen LogP contribution >= 0.6 is 0 Å². The van der Waals surface area contributed by atoms with E-state index in [1.165, 1.54) is 37.1 Å². The topological polar surface area (TPSA) is 16.1 Å². The number of pyridine rings is 1. The Labute approximate surface area is 86.0 Å². The number of likely N-dealkylation sites (tertiary alicyclic amines) is 1. The maximum atomic E-state index is 4.47. The SMILES string of the molecule is Cc1ccnc([C@@H]2CCCCN2C)c1. The summed E-state index contributed by atoms with van der Waals surface area (Å²) in [6.07, 6.45) is 5.85. The van der Waals surface area contributed by atoms with E-state index in [0.29, 0.717) is 6.04 Å². The normalized spacial score (nSPS) is 23.7. The van der Waals surface area contributed by atoms with E-state index in [4.69, 9.17) is 0 Å². The maximum Gasteiger partial charge on any atom is 0.0577 e. The molecule has 2 heteroatoms. The molecule has 1 aliphatic rings. The lowest BCUT2D eigenvalue weighted by Gasteiger charge is -2.32. The highest BCUT2D eigenvalue weighted by molar-refractivity contribution is 5.17. The standard InChI is InChI=1S/C12H18N2/c1-10-6-7-13-11(9-10)12-5-3-4-8-14(12)2/h6-7,9,12H,3-5,8H2,1-2H3/t12-/m0/s1. The highest BCUT2D eigenvalue weighted by atomic mass is 15.1. The number of nitrogens with zero attached hydrogens (tertiary/aromatic N) is 2. The van der Waals surface area contributed by atoms with Crippen molar-refractivity contribution < 1.29 is 0 Å². The Morgan fingerprint density at radius 1 is 1.43 bits per heavy atom. The number of piperidine rings is 1. The molecular weight excluding hydrogens is 172 g/mol. The van der Waals surface area contributed by atoms with Crippen molar-refractivity contribution in [1.82, 2.24) is 9.88 Å². The summed E-state index contributed by atoms with van der Waals surface area (Å²) in [5.41, 5.74) is 2.56. The van der Waals surface area contributed by atoms with E-state index in [-0.39, 0.29) is 0 Å². The van der Waals surface area contributed by atoms with Crippen molar-refractivity contribution in [2.75, 3.05) is 13.6 Å². The quantitative estimate of drug-likeness (QED) is 0.676. The van der Waals surface area contributed by atoms with Crippen LogP contribution in [0.25, 0.3) is 0 Å². The largest absolute Gasteiger partial charge is 0.298 e. The Hall–Kier alpha value is -0.890. The van der Waals surface area contributed by atoms with Crippen LogP contribution in [0, 0.1) is 6.92 Å². The van der Waals surface area contributed by atoms with Gasteiger partial charge in [-0.3, -0.25) is 9.88 Å². The van der Waals surface area contributed by atoms with Gasteiger partial charge in [0.25, 0.3) is 0 Å². The fourth-order valence-corrected chi connectivity index (χ4v) is 2.19. The second-order valence-corrected chi connectivity index (χ2v) is 4.25. The third-order valence-corrected chi connectivity index (χ3v) is 3.05. The molecule has 0 unspecified atom stereocenters. The van der Waals surface area contributed by atoms with Crippen LogP contribution in [0.5, 0.6) is 0 Å². The number of rotatable bonds is 1. The summed E-state index contributed by atoms with van der Waals surface area (Å²) >= 11 is 0. The van der Waals surface area contributed by atoms with Crippen LogP contribution in [0.1, 0.15) is 36.6 Å². The van der Waals surface area contributed by atoms with Gasteiger partial charge in [-0.2, -0.15) is 0 Å². The molecule has 0 aromatic carbocycles. The molecule has 0 bridgehead atoms. The zero-order valence-corrected chi connectivity index (χ0v) is 9.03. The molecular formula is C12H18N2. The van der Waals surface area contributed by atoms with E-state index >= 15 is 0 Å². The van der Waals surface area contributed by atoms with Gasteiger partial charge in [0.2, 0.25) is 0 Å². The maximum absolute atomic E-state index is 4.47. The number of hydrogen-bond donors (Lipinski definition) is 0. The van der Waals surface area contributed by atoms with Crippen molar-refractivity contribution in [1.29, 1.82) is 0 Å². The number of hydrogen-bond acceptors (Lipinski definition) is 2. The molecule has 0 saturated carbocycles. The molecule has 76 valence electrons. The Bertz CT molecular complexity index is 309. The van der Waals surface area contributed by atoms with Crippen LogP contribution < -0.4 is 0 Å². The second kappa shape index (κ2) is 4.09. The zero-order valence-electron chi connectivity index (χ0n) is 9.03. The van der Waals surface area contributed by atoms with E-state index in [1.54, 1.807) is 0 Å². The monoisotopic (exact) mass is 190 g/mol. The van der Waals surface area contributed by atoms with Crippen LogP contribution in [0.4, 0.5) is 0 Å². The molecule has 14 heavy (non-hydrogen) atoms. The van der Waals surface area contributed by atoms with Gasteiger partial charge in [0.1, 0.15) is 0 Å². The Kier molecular flexibility index (Phi) is 2.82. The van der Waals surface area contributed by atoms with E-state index in [2.05, 4.69) is 36.0 Å². The smallest absolute Gasteiger partial charge is 0.0577 e. The van der Waals surface area contributed by atoms with Crippen molar-refractivity contribution in [3.8, 4) is 0 Å². The summed E-state index contributed by atoms with van der Waals surface area (Å²) in [7, 11) is 2.20. The Balaban J connectivity index is 2.20. The molecule has 1 aromatic heterocycles. The van der Waals surface area contributed by atoms with Crippen molar-refractivity contribution in [3.63, 3.8) is 0 Å². The van der Waals surface area contributed by atoms with Gasteiger partial charge < -0.3 is 0 Å². The van der Waals surface area contributed by atoms with Crippen LogP contribution in [0.3, 0.4) is 0 Å². The van der Waals surface area contributed by atoms with Crippen molar-refractivity contribution >= 4 is 0 Å². The zero-order chi connectivity index (χ0) is 9.97. The predicted molar refractivity (Wildman–Crippen MR) is 58.2 cm³/mol. The Morgan fingerprint density at radius 2 is 2.29 bits per heavy atom. The average molecular weight is 190 g/mol. The lowest BCUT2D eigenvalue weighted by Crippen LogP contribution is -2.30. The van der Waals surface area contributed by atoms with Crippen LogP contribution in [0.2, 0.25) is 0 Å². The number of aryl methyl sites for hydroxylation is 1. The molecule has 1 fully saturated rings. The van der Waals surface area contributed by atoms with Crippen molar-refractivity contribution in [2.45, 2.75) is 32.2 Å². The molecule has 2 rings (SSSR count). The van der Waals surface area contributed by atoms with Gasteiger partial charge in [-0.05, 0) is 51.1 Å². The van der Waals surface area contributed by atoms with Gasteiger partial charge >= 0.3 is 0 Å². The molecule has 1 atom stereocenters. The fourth-order valence-electron chi connectivity index (χ4n) is 2.19. The molecule has 1 aromatic rings. The van der Waals surface area contributed by atoms with E-state index in [0.717, 1.165) is 0 Å². The average Bonchev–Trinajstić information content (AvgIpc) is 2.18. The molecule has 0 amide bonds. The summed E-state index contributed by atoms with van der Waals surface area (Å²) in [6.45, 7) is 3.34. The Morgan fingerprint density at radius 3 is 3.00 bits per heavy atom. The summed E-state index contributed by atoms with van der Waals surface area (Å²) < 4.78 is 0. The highest BCUT2D eigenvalue weighted by Gasteiger charge is 2.21. The van der Waals surface area contributed by atoms with Crippen LogP contribution in [0.15, 0.2) is 18.3 Å². The summed E-state index contributed by atoms with van der Waals surface area (Å²) in [4.78, 5) is 6.89. The van der Waals surface area contributed by atoms with Gasteiger partial charge in [-0.1, -0.05) is 6.42 Å². The lowest BCUT2D eigenvalue weighted by molar-refractivity contribution is 0.183. The van der Waals surface area contributed by atoms with Crippen LogP contribution in [-0.2, 0) is 0 Å². The van der Waals surface area contributed by atoms with Gasteiger partial charge in [-0.25, -0.2) is 0 Å². The highest BCUT2D eigenvalue weighted by Crippen LogP contribution is 2.28. The minimum Gasteiger partial charge on any atom is -0.298 e. The van der Waals surface area contributed by atoms with Gasteiger partial charge in [-0.15, -0.1) is 0 Å². The molecule has 0 N–H and O–H groups in total. The van der Waals surface area contributed by atoms with Crippen molar-refractivity contribution in [3.05, 3.63) is 29.6 Å². The molecule has 0 radical (unpaired) electrons. The molecule has 1 saturated heterocycles. The molecule has 0 aliphatic carbocycles. The summed E-state index contributed by atoms with van der Waals surface area (Å²) in [6, 6.07) is 4.82. The molecule has 0 spiro atoms. The molecule has 1 aliphatic heterocycles. The predicted octanol–water partition coefficient (Wildman–Crippen LogP) is 2.55. The first-order valence-corrected chi connectivity index (χ1v) is 5.40. The van der Waals surface area contributed by atoms with Gasteiger partial charge in [0.15, 0.2) is 0 Å². The van der Waals surface area contributed by atoms with E-state index < -0.39 is 0 Å². The van der Waals surface area contributed by atoms with Crippen LogP contribution in [-0.4, -0.2) is 23.5 Å². The minimum absolute atomic E-state index is 0.545. The number of aromatic nitrogens is 1. The summed E-state index contributed by atoms with van der Waals surface area (Å²) in [5, 5.41) is 0. The first-order chi connectivity index (χ1) is 6.77. The second-order valence-electron chi connectivity index (χ2n) is 4.25. The third kappa shape index (κ3) is 1.95. The van der Waals surface area contributed by atoms with Gasteiger partial charge in [0.05, 0.1) is 11.7 Å². The lowest BCUT2D eigenvalue weighted by atomic mass is 9.99. The fraction of sp³-hybridized carbons (Fsp3) is 0.583. The third-order valence-electron chi connectivity index (χ3n) is 3.05. The summed E-state index contributed by atoms with van der Waals surface area (Å²) in [5.74, 6) is 0.